The number of nitrogens with one attached hydrogen (secondary N) is 2. The largest absolute Gasteiger partial charge is 0.478 e. The van der Waals surface area contributed by atoms with E-state index in [1.165, 1.54) is 18.2 Å². The number of aromatic carboxylic acids is 1. The van der Waals surface area contributed by atoms with Gasteiger partial charge in [0.15, 0.2) is 0 Å². The van der Waals surface area contributed by atoms with Crippen molar-refractivity contribution < 1.29 is 14.7 Å². The highest BCUT2D eigenvalue weighted by Crippen LogP contribution is 2.23. The SMILES string of the molecule is O=C(O)c1ccc(NC(=O)c2nn[nH]n2)c(Cl)c1. The van der Waals surface area contributed by atoms with E-state index in [0.717, 1.165) is 0 Å². The highest BCUT2D eigenvalue weighted by molar-refractivity contribution is 6.34. The Balaban J connectivity index is 2.20. The summed E-state index contributed by atoms with van der Waals surface area (Å²) in [6.45, 7) is 0. The Morgan fingerprint density at radius 2 is 2.17 bits per heavy atom. The molecule has 1 aromatic carbocycles. The Bertz CT molecular complexity index is 598. The summed E-state index contributed by atoms with van der Waals surface area (Å²) in [6, 6.07) is 3.93. The number of halogens is 1. The van der Waals surface area contributed by atoms with E-state index in [9.17, 15) is 9.59 Å². The maximum atomic E-state index is 11.6. The van der Waals surface area contributed by atoms with Gasteiger partial charge < -0.3 is 10.4 Å². The van der Waals surface area contributed by atoms with Crippen molar-refractivity contribution >= 4 is 29.2 Å². The molecule has 2 rings (SSSR count). The van der Waals surface area contributed by atoms with Crippen molar-refractivity contribution in [3.8, 4) is 0 Å². The number of benzene rings is 1. The summed E-state index contributed by atoms with van der Waals surface area (Å²) >= 11 is 5.84. The Kier molecular flexibility index (Phi) is 3.20. The average Bonchev–Trinajstić information content (AvgIpc) is 2.85. The predicted octanol–water partition coefficient (Wildman–Crippen LogP) is 0.804. The molecule has 1 heterocycles. The Labute approximate surface area is 105 Å². The Morgan fingerprint density at radius 1 is 1.39 bits per heavy atom. The average molecular weight is 268 g/mol. The molecular weight excluding hydrogens is 262 g/mol. The maximum Gasteiger partial charge on any atom is 0.335 e. The summed E-state index contributed by atoms with van der Waals surface area (Å²) < 4.78 is 0. The molecule has 0 aliphatic heterocycles. The number of anilines is 1. The maximum absolute atomic E-state index is 11.6. The van der Waals surface area contributed by atoms with Crippen LogP contribution in [0.25, 0.3) is 0 Å². The molecule has 0 atom stereocenters. The van der Waals surface area contributed by atoms with Crippen molar-refractivity contribution in [2.45, 2.75) is 0 Å². The molecule has 8 nitrogen and oxygen atoms in total. The van der Waals surface area contributed by atoms with Gasteiger partial charge in [-0.2, -0.15) is 5.21 Å². The number of H-pyrrole nitrogens is 1. The predicted molar refractivity (Wildman–Crippen MR) is 60.5 cm³/mol. The number of aromatic amines is 1. The lowest BCUT2D eigenvalue weighted by atomic mass is 10.2. The number of hydrogen-bond acceptors (Lipinski definition) is 5. The van der Waals surface area contributed by atoms with E-state index in [-0.39, 0.29) is 22.1 Å². The molecule has 0 aliphatic carbocycles. The molecule has 0 saturated heterocycles. The molecule has 18 heavy (non-hydrogen) atoms. The Morgan fingerprint density at radius 3 is 2.72 bits per heavy atom. The number of aromatic nitrogens is 4. The van der Waals surface area contributed by atoms with Crippen LogP contribution in [0.15, 0.2) is 18.2 Å². The van der Waals surface area contributed by atoms with Gasteiger partial charge in [0.25, 0.3) is 11.7 Å². The van der Waals surface area contributed by atoms with Crippen molar-refractivity contribution in [1.82, 2.24) is 20.6 Å². The first-order valence-corrected chi connectivity index (χ1v) is 5.03. The zero-order chi connectivity index (χ0) is 13.1. The van der Waals surface area contributed by atoms with Crippen LogP contribution in [0, 0.1) is 0 Å². The summed E-state index contributed by atoms with van der Waals surface area (Å²) in [4.78, 5) is 22.3. The van der Waals surface area contributed by atoms with Crippen molar-refractivity contribution in [1.29, 1.82) is 0 Å². The first-order chi connectivity index (χ1) is 8.58. The molecule has 0 spiro atoms. The highest BCUT2D eigenvalue weighted by atomic mass is 35.5. The third-order valence-electron chi connectivity index (χ3n) is 2.01. The smallest absolute Gasteiger partial charge is 0.335 e. The van der Waals surface area contributed by atoms with E-state index in [4.69, 9.17) is 16.7 Å². The summed E-state index contributed by atoms with van der Waals surface area (Å²) in [5.74, 6) is -1.85. The molecule has 3 N–H and O–H groups in total. The number of carboxylic acid groups (broad SMARTS) is 1. The van der Waals surface area contributed by atoms with Gasteiger partial charge in [0, 0.05) is 0 Å². The summed E-state index contributed by atoms with van der Waals surface area (Å²) in [5, 5.41) is 23.6. The van der Waals surface area contributed by atoms with Gasteiger partial charge in [0.1, 0.15) is 0 Å². The lowest BCUT2D eigenvalue weighted by Gasteiger charge is -2.05. The van der Waals surface area contributed by atoms with Gasteiger partial charge >= 0.3 is 5.97 Å². The highest BCUT2D eigenvalue weighted by Gasteiger charge is 2.13. The molecule has 1 amide bonds. The topological polar surface area (TPSA) is 121 Å². The minimum Gasteiger partial charge on any atom is -0.478 e. The molecule has 1 aromatic heterocycles. The Hall–Kier alpha value is -2.48. The van der Waals surface area contributed by atoms with Gasteiger partial charge in [-0.05, 0) is 23.4 Å². The molecule has 9 heteroatoms. The van der Waals surface area contributed by atoms with E-state index in [0.29, 0.717) is 0 Å². The zero-order valence-electron chi connectivity index (χ0n) is 8.72. The molecule has 0 bridgehead atoms. The quantitative estimate of drug-likeness (QED) is 0.756. The normalized spacial score (nSPS) is 10.1. The lowest BCUT2D eigenvalue weighted by molar-refractivity contribution is 0.0696. The van der Waals surface area contributed by atoms with Crippen molar-refractivity contribution in [3.05, 3.63) is 34.6 Å². The monoisotopic (exact) mass is 267 g/mol. The van der Waals surface area contributed by atoms with Crippen LogP contribution in [0.3, 0.4) is 0 Å². The summed E-state index contributed by atoms with van der Waals surface area (Å²) in [6.07, 6.45) is 0. The van der Waals surface area contributed by atoms with Crippen LogP contribution in [0.5, 0.6) is 0 Å². The third kappa shape index (κ3) is 2.43. The zero-order valence-corrected chi connectivity index (χ0v) is 9.47. The third-order valence-corrected chi connectivity index (χ3v) is 2.33. The number of rotatable bonds is 3. The van der Waals surface area contributed by atoms with Crippen LogP contribution >= 0.6 is 11.6 Å². The van der Waals surface area contributed by atoms with E-state index >= 15 is 0 Å². The van der Waals surface area contributed by atoms with Crippen LogP contribution in [0.2, 0.25) is 5.02 Å². The lowest BCUT2D eigenvalue weighted by Crippen LogP contribution is -2.14. The van der Waals surface area contributed by atoms with Gasteiger partial charge in [-0.25, -0.2) is 4.79 Å². The molecule has 0 saturated carbocycles. The molecule has 0 fully saturated rings. The number of hydrogen-bond donors (Lipinski definition) is 3. The fourth-order valence-electron chi connectivity index (χ4n) is 1.19. The summed E-state index contributed by atoms with van der Waals surface area (Å²) in [5.41, 5.74) is 0.286. The van der Waals surface area contributed by atoms with Gasteiger partial charge in [-0.3, -0.25) is 4.79 Å². The van der Waals surface area contributed by atoms with E-state index in [1.807, 2.05) is 0 Å². The first kappa shape index (κ1) is 12.0. The van der Waals surface area contributed by atoms with E-state index in [2.05, 4.69) is 25.9 Å². The number of carbonyl (C=O) groups excluding carboxylic acids is 1. The number of amides is 1. The minimum absolute atomic E-state index is 0.0255. The van der Waals surface area contributed by atoms with Crippen LogP contribution in [0.1, 0.15) is 21.0 Å². The van der Waals surface area contributed by atoms with E-state index < -0.39 is 11.9 Å². The number of carbonyl (C=O) groups is 2. The van der Waals surface area contributed by atoms with Crippen LogP contribution in [0.4, 0.5) is 5.69 Å². The van der Waals surface area contributed by atoms with Crippen molar-refractivity contribution in [3.63, 3.8) is 0 Å². The molecule has 2 aromatic rings. The standard InChI is InChI=1S/C9H6ClN5O3/c10-5-3-4(9(17)18)1-2-6(5)11-8(16)7-12-14-15-13-7/h1-3H,(H,11,16)(H,17,18)(H,12,13,14,15). The molecule has 0 aliphatic rings. The van der Waals surface area contributed by atoms with Crippen molar-refractivity contribution in [2.24, 2.45) is 0 Å². The van der Waals surface area contributed by atoms with Gasteiger partial charge in [-0.1, -0.05) is 11.6 Å². The molecular formula is C9H6ClN5O3. The fourth-order valence-corrected chi connectivity index (χ4v) is 1.41. The first-order valence-electron chi connectivity index (χ1n) is 4.65. The van der Waals surface area contributed by atoms with Gasteiger partial charge in [0.05, 0.1) is 16.3 Å². The number of carboxylic acids is 1. The molecule has 0 radical (unpaired) electrons. The van der Waals surface area contributed by atoms with Gasteiger partial charge in [0.2, 0.25) is 0 Å². The number of tetrazole rings is 1. The molecule has 92 valence electrons. The van der Waals surface area contributed by atoms with Gasteiger partial charge in [-0.15, -0.1) is 10.2 Å². The second kappa shape index (κ2) is 4.80. The molecule has 0 unspecified atom stereocenters. The number of nitrogens with zero attached hydrogens (tertiary/aromatic N) is 3. The summed E-state index contributed by atoms with van der Waals surface area (Å²) in [7, 11) is 0. The van der Waals surface area contributed by atoms with Crippen LogP contribution < -0.4 is 5.32 Å². The second-order valence-electron chi connectivity index (χ2n) is 3.19. The van der Waals surface area contributed by atoms with Crippen molar-refractivity contribution in [2.75, 3.05) is 5.32 Å². The second-order valence-corrected chi connectivity index (χ2v) is 3.60. The fraction of sp³-hybridized carbons (Fsp3) is 0. The van der Waals surface area contributed by atoms with Crippen LogP contribution in [-0.2, 0) is 0 Å². The minimum atomic E-state index is -1.10. The van der Waals surface area contributed by atoms with Crippen LogP contribution in [-0.4, -0.2) is 37.6 Å². The van der Waals surface area contributed by atoms with E-state index in [1.54, 1.807) is 0 Å².